The van der Waals surface area contributed by atoms with E-state index in [1.54, 1.807) is 18.0 Å². The Balaban J connectivity index is 2.11. The largest absolute Gasteiger partial charge is 0.388 e. The van der Waals surface area contributed by atoms with Gasteiger partial charge in [-0.05, 0) is 32.8 Å². The molecule has 0 saturated carbocycles. The molecule has 4 atom stereocenters. The fraction of sp³-hybridized carbons (Fsp3) is 0.600. The summed E-state index contributed by atoms with van der Waals surface area (Å²) in [7, 11) is 0. The summed E-state index contributed by atoms with van der Waals surface area (Å²) >= 11 is 0. The molecule has 0 aromatic carbocycles. The minimum atomic E-state index is -1.22. The third kappa shape index (κ3) is 3.63. The normalized spacial score (nSPS) is 33.0. The molecular formula is C15H25N2O4P. The number of rotatable bonds is 4. The predicted molar refractivity (Wildman–Crippen MR) is 88.9 cm³/mol. The number of hydrogen-bond acceptors (Lipinski definition) is 5. The van der Waals surface area contributed by atoms with E-state index in [0.717, 1.165) is 6.16 Å². The topological polar surface area (TPSA) is 82.0 Å². The maximum atomic E-state index is 11.6. The van der Waals surface area contributed by atoms with Gasteiger partial charge in [-0.2, -0.15) is 0 Å². The second-order valence-electron chi connectivity index (χ2n) is 6.61. The Kier molecular flexibility index (Phi) is 4.87. The van der Waals surface area contributed by atoms with E-state index in [1.807, 2.05) is 0 Å². The molecule has 0 aliphatic carbocycles. The first-order valence-corrected chi connectivity index (χ1v) is 10.3. The average molecular weight is 328 g/mol. The van der Waals surface area contributed by atoms with E-state index < -0.39 is 31.4 Å². The zero-order valence-electron chi connectivity index (χ0n) is 13.3. The van der Waals surface area contributed by atoms with Gasteiger partial charge in [0.05, 0.1) is 6.10 Å². The lowest BCUT2D eigenvalue weighted by atomic mass is 10.1. The minimum absolute atomic E-state index is 0.227. The molecule has 22 heavy (non-hydrogen) atoms. The van der Waals surface area contributed by atoms with Crippen molar-refractivity contribution in [2.75, 3.05) is 19.5 Å². The molecule has 2 heterocycles. The molecule has 1 saturated heterocycles. The molecule has 0 bridgehead atoms. The first-order valence-electron chi connectivity index (χ1n) is 7.26. The number of hydrogen-bond donors (Lipinski definition) is 3. The summed E-state index contributed by atoms with van der Waals surface area (Å²) in [5.41, 5.74) is 0.492. The molecule has 0 aromatic rings. The van der Waals surface area contributed by atoms with Crippen LogP contribution in [0.3, 0.4) is 0 Å². The molecule has 6 nitrogen and oxygen atoms in total. The fourth-order valence-corrected chi connectivity index (χ4v) is 3.49. The monoisotopic (exact) mass is 328 g/mol. The van der Waals surface area contributed by atoms with Crippen LogP contribution in [0, 0.1) is 0 Å². The third-order valence-electron chi connectivity index (χ3n) is 3.89. The Morgan fingerprint density at radius 2 is 2.05 bits per heavy atom. The van der Waals surface area contributed by atoms with Crippen LogP contribution in [0.4, 0.5) is 0 Å². The number of nitrogens with one attached hydrogen (secondary N) is 1. The van der Waals surface area contributed by atoms with Crippen LogP contribution in [0.5, 0.6) is 0 Å². The number of amides is 1. The molecule has 7 heteroatoms. The van der Waals surface area contributed by atoms with E-state index >= 15 is 0 Å². The van der Waals surface area contributed by atoms with Crippen LogP contribution < -0.4 is 5.32 Å². The molecule has 0 aromatic heterocycles. The van der Waals surface area contributed by atoms with Crippen molar-refractivity contribution < 1.29 is 19.7 Å². The molecule has 3 N–H and O–H groups in total. The van der Waals surface area contributed by atoms with Gasteiger partial charge in [-0.3, -0.25) is 4.79 Å². The fourth-order valence-electron chi connectivity index (χ4n) is 2.54. The molecule has 2 rings (SSSR count). The summed E-state index contributed by atoms with van der Waals surface area (Å²) in [5, 5.41) is 23.1. The average Bonchev–Trinajstić information content (AvgIpc) is 2.68. The molecule has 2 aliphatic rings. The highest BCUT2D eigenvalue weighted by molar-refractivity contribution is 7.72. The Hall–Kier alpha value is -1.07. The molecule has 2 aliphatic heterocycles. The quantitative estimate of drug-likeness (QED) is 0.648. The van der Waals surface area contributed by atoms with Crippen molar-refractivity contribution in [3.05, 3.63) is 24.2 Å². The van der Waals surface area contributed by atoms with Crippen LogP contribution in [-0.2, 0) is 9.53 Å². The highest BCUT2D eigenvalue weighted by Crippen LogP contribution is 2.38. The van der Waals surface area contributed by atoms with Crippen LogP contribution in [0.25, 0.3) is 0 Å². The van der Waals surface area contributed by atoms with E-state index in [4.69, 9.17) is 4.74 Å². The van der Waals surface area contributed by atoms with Gasteiger partial charge in [-0.15, -0.1) is 13.2 Å². The first-order chi connectivity index (χ1) is 10.1. The minimum Gasteiger partial charge on any atom is -0.388 e. The van der Waals surface area contributed by atoms with Crippen molar-refractivity contribution in [3.63, 3.8) is 0 Å². The second kappa shape index (κ2) is 6.20. The zero-order valence-corrected chi connectivity index (χ0v) is 14.2. The molecule has 1 fully saturated rings. The van der Waals surface area contributed by atoms with E-state index in [0.29, 0.717) is 17.8 Å². The summed E-state index contributed by atoms with van der Waals surface area (Å²) in [5.74, 6) is 0.104. The predicted octanol–water partition coefficient (Wildman–Crippen LogP) is 0.339. The Morgan fingerprint density at radius 1 is 1.41 bits per heavy atom. The van der Waals surface area contributed by atoms with Gasteiger partial charge < -0.3 is 25.2 Å². The summed E-state index contributed by atoms with van der Waals surface area (Å²) in [4.78, 5) is 13.1. The highest BCUT2D eigenvalue weighted by Gasteiger charge is 2.46. The van der Waals surface area contributed by atoms with Crippen molar-refractivity contribution in [3.8, 4) is 0 Å². The molecule has 0 radical (unpaired) electrons. The van der Waals surface area contributed by atoms with Gasteiger partial charge in [0, 0.05) is 11.8 Å². The van der Waals surface area contributed by atoms with Crippen LogP contribution in [0.1, 0.15) is 13.3 Å². The number of carbonyl (C=O) groups is 1. The van der Waals surface area contributed by atoms with E-state index in [2.05, 4.69) is 31.5 Å². The van der Waals surface area contributed by atoms with Gasteiger partial charge in [0.15, 0.2) is 6.23 Å². The maximum absolute atomic E-state index is 11.6. The molecule has 124 valence electrons. The SMILES string of the molecule is C=C1NC(=O)C(C)=CN1C1OC(CCP(=C)(C)C)C(O)C1O. The molecule has 0 spiro atoms. The van der Waals surface area contributed by atoms with Crippen molar-refractivity contribution in [2.24, 2.45) is 0 Å². The van der Waals surface area contributed by atoms with Gasteiger partial charge >= 0.3 is 0 Å². The summed E-state index contributed by atoms with van der Waals surface area (Å²) in [6.07, 6.45) is 4.03. The van der Waals surface area contributed by atoms with Gasteiger partial charge in [0.25, 0.3) is 5.91 Å². The lowest BCUT2D eigenvalue weighted by molar-refractivity contribution is -0.119. The molecule has 1 amide bonds. The summed E-state index contributed by atoms with van der Waals surface area (Å²) in [6.45, 7) is 8.46. The number of aliphatic hydroxyl groups is 2. The van der Waals surface area contributed by atoms with E-state index in [1.165, 1.54) is 0 Å². The standard InChI is InChI=1S/C15H25N2O4P/c1-9-8-17(10(2)16-14(9)20)15-13(19)12(18)11(21-15)6-7-22(3,4)5/h8,11-13,15,18-19H,2-3,6-7H2,1,4-5H3,(H,16,20). The number of nitrogens with zero attached hydrogens (tertiary/aromatic N) is 1. The Morgan fingerprint density at radius 3 is 2.64 bits per heavy atom. The summed E-state index contributed by atoms with van der Waals surface area (Å²) < 4.78 is 5.83. The lowest BCUT2D eigenvalue weighted by Gasteiger charge is -2.34. The van der Waals surface area contributed by atoms with Gasteiger partial charge in [0.1, 0.15) is 18.0 Å². The van der Waals surface area contributed by atoms with Crippen LogP contribution in [0.15, 0.2) is 24.2 Å². The lowest BCUT2D eigenvalue weighted by Crippen LogP contribution is -2.47. The van der Waals surface area contributed by atoms with Crippen molar-refractivity contribution in [1.29, 1.82) is 0 Å². The number of carbonyl (C=O) groups excluding carboxylic acids is 1. The smallest absolute Gasteiger partial charge is 0.253 e. The van der Waals surface area contributed by atoms with Crippen LogP contribution in [-0.4, -0.2) is 71.4 Å². The zero-order chi connectivity index (χ0) is 16.7. The summed E-state index contributed by atoms with van der Waals surface area (Å²) in [6, 6.07) is 0. The molecular weight excluding hydrogens is 303 g/mol. The highest BCUT2D eigenvalue weighted by atomic mass is 31.2. The third-order valence-corrected chi connectivity index (χ3v) is 5.36. The second-order valence-corrected chi connectivity index (χ2v) is 10.9. The number of aliphatic hydroxyl groups excluding tert-OH is 2. The van der Waals surface area contributed by atoms with E-state index in [9.17, 15) is 15.0 Å². The Labute approximate surface area is 131 Å². The van der Waals surface area contributed by atoms with Gasteiger partial charge in [-0.25, -0.2) is 0 Å². The van der Waals surface area contributed by atoms with Crippen molar-refractivity contribution in [1.82, 2.24) is 10.2 Å². The van der Waals surface area contributed by atoms with Crippen LogP contribution in [0.2, 0.25) is 0 Å². The Bertz CT molecular complexity index is 554. The molecule has 4 unspecified atom stereocenters. The van der Waals surface area contributed by atoms with Gasteiger partial charge in [0.2, 0.25) is 0 Å². The maximum Gasteiger partial charge on any atom is 0.253 e. The van der Waals surface area contributed by atoms with Crippen molar-refractivity contribution >= 4 is 19.1 Å². The van der Waals surface area contributed by atoms with Crippen molar-refractivity contribution in [2.45, 2.75) is 37.9 Å². The van der Waals surface area contributed by atoms with Gasteiger partial charge in [-0.1, -0.05) is 6.58 Å². The van der Waals surface area contributed by atoms with Crippen LogP contribution >= 0.6 is 6.89 Å². The van der Waals surface area contributed by atoms with E-state index in [-0.39, 0.29) is 5.91 Å². The number of ether oxygens (including phenoxy) is 1. The first kappa shape index (κ1) is 17.3.